The van der Waals surface area contributed by atoms with Crippen molar-refractivity contribution in [1.82, 2.24) is 9.80 Å². The van der Waals surface area contributed by atoms with Gasteiger partial charge in [0.15, 0.2) is 0 Å². The van der Waals surface area contributed by atoms with Gasteiger partial charge in [0, 0.05) is 24.9 Å². The topological polar surface area (TPSA) is 70.1 Å². The van der Waals surface area contributed by atoms with Crippen LogP contribution in [0.15, 0.2) is 30.3 Å². The predicted molar refractivity (Wildman–Crippen MR) is 90.9 cm³/mol. The molecule has 0 spiro atoms. The smallest absolute Gasteiger partial charge is 0.245 e. The maximum atomic E-state index is 12.8. The van der Waals surface area contributed by atoms with Crippen LogP contribution in [0.25, 0.3) is 0 Å². The van der Waals surface area contributed by atoms with E-state index in [0.29, 0.717) is 32.5 Å². The van der Waals surface area contributed by atoms with Crippen molar-refractivity contribution in [2.75, 3.05) is 26.2 Å². The Kier molecular flexibility index (Phi) is 4.15. The molecule has 1 aliphatic carbocycles. The Morgan fingerprint density at radius 1 is 1.20 bits per heavy atom. The summed E-state index contributed by atoms with van der Waals surface area (Å²) in [6.45, 7) is 1.75. The normalized spacial score (nSPS) is 27.9. The van der Waals surface area contributed by atoms with Crippen LogP contribution in [0.2, 0.25) is 0 Å². The summed E-state index contributed by atoms with van der Waals surface area (Å²) in [7, 11) is 0. The van der Waals surface area contributed by atoms with Crippen molar-refractivity contribution in [3.8, 4) is 5.75 Å². The highest BCUT2D eigenvalue weighted by atomic mass is 16.5. The van der Waals surface area contributed by atoms with Crippen LogP contribution in [0, 0.1) is 5.41 Å². The van der Waals surface area contributed by atoms with Crippen molar-refractivity contribution in [3.63, 3.8) is 0 Å². The van der Waals surface area contributed by atoms with Crippen LogP contribution in [-0.2, 0) is 9.59 Å². The maximum absolute atomic E-state index is 12.8. The molecule has 3 aliphatic rings. The minimum absolute atomic E-state index is 0.00345. The van der Waals surface area contributed by atoms with Crippen LogP contribution >= 0.6 is 0 Å². The number of hydrogen-bond donors (Lipinski definition) is 1. The van der Waals surface area contributed by atoms with Crippen LogP contribution in [0.1, 0.15) is 25.7 Å². The molecular formula is C19H24N2O4. The number of amides is 2. The lowest BCUT2D eigenvalue weighted by Crippen LogP contribution is -2.63. The first-order valence-electron chi connectivity index (χ1n) is 9.01. The van der Waals surface area contributed by atoms with E-state index in [-0.39, 0.29) is 23.8 Å². The van der Waals surface area contributed by atoms with E-state index in [4.69, 9.17) is 4.74 Å². The summed E-state index contributed by atoms with van der Waals surface area (Å²) in [4.78, 5) is 28.5. The van der Waals surface area contributed by atoms with Crippen molar-refractivity contribution in [2.45, 2.75) is 37.8 Å². The number of carbonyl (C=O) groups is 2. The zero-order chi connectivity index (χ0) is 17.4. The summed E-state index contributed by atoms with van der Waals surface area (Å²) in [6.07, 6.45) is 2.44. The van der Waals surface area contributed by atoms with Gasteiger partial charge in [-0.3, -0.25) is 9.59 Å². The van der Waals surface area contributed by atoms with Crippen LogP contribution in [0.3, 0.4) is 0 Å². The van der Waals surface area contributed by atoms with E-state index < -0.39 is 12.1 Å². The number of aliphatic hydroxyl groups is 1. The summed E-state index contributed by atoms with van der Waals surface area (Å²) in [5.41, 5.74) is -0.0404. The third-order valence-electron chi connectivity index (χ3n) is 5.59. The van der Waals surface area contributed by atoms with Gasteiger partial charge >= 0.3 is 0 Å². The molecular weight excluding hydrogens is 320 g/mol. The molecule has 6 heteroatoms. The molecule has 0 bridgehead atoms. The second-order valence-corrected chi connectivity index (χ2v) is 7.58. The molecule has 1 aromatic carbocycles. The van der Waals surface area contributed by atoms with E-state index in [1.54, 1.807) is 9.80 Å². The Morgan fingerprint density at radius 2 is 1.96 bits per heavy atom. The summed E-state index contributed by atoms with van der Waals surface area (Å²) < 4.78 is 5.89. The van der Waals surface area contributed by atoms with Crippen molar-refractivity contribution in [2.24, 2.45) is 5.41 Å². The quantitative estimate of drug-likeness (QED) is 0.866. The minimum atomic E-state index is -0.491. The Bertz CT molecular complexity index is 659. The molecule has 0 aromatic heterocycles. The number of piperidine rings is 1. The van der Waals surface area contributed by atoms with Crippen molar-refractivity contribution < 1.29 is 19.4 Å². The number of nitrogens with zero attached hydrogens (tertiary/aromatic N) is 2. The van der Waals surface area contributed by atoms with Gasteiger partial charge in [-0.25, -0.2) is 0 Å². The standard InChI is InChI=1S/C19H24N2O4/c22-14-6-9-21-16(10-14)18(24)20(11-17(21)23)12-19(7-8-19)13-25-15-4-2-1-3-5-15/h1-5,14,16,22H,6-13H2/t14-,16+/m0/s1. The fraction of sp³-hybridized carbons (Fsp3) is 0.579. The number of ether oxygens (including phenoxy) is 1. The molecule has 0 unspecified atom stereocenters. The number of rotatable bonds is 5. The number of carbonyl (C=O) groups excluding carboxylic acids is 2. The zero-order valence-corrected chi connectivity index (χ0v) is 14.3. The molecule has 4 rings (SSSR count). The molecule has 2 amide bonds. The SMILES string of the molecule is O=C1[C@H]2C[C@@H](O)CCN2C(=O)CN1CC1(COc2ccccc2)CC1. The van der Waals surface area contributed by atoms with Gasteiger partial charge in [0.1, 0.15) is 11.8 Å². The molecule has 6 nitrogen and oxygen atoms in total. The monoisotopic (exact) mass is 344 g/mol. The summed E-state index contributed by atoms with van der Waals surface area (Å²) in [5.74, 6) is 0.803. The Morgan fingerprint density at radius 3 is 2.68 bits per heavy atom. The first-order valence-corrected chi connectivity index (χ1v) is 9.01. The van der Waals surface area contributed by atoms with Crippen molar-refractivity contribution in [3.05, 3.63) is 30.3 Å². The number of para-hydroxylation sites is 1. The van der Waals surface area contributed by atoms with Gasteiger partial charge in [-0.1, -0.05) is 18.2 Å². The molecule has 1 aromatic rings. The highest BCUT2D eigenvalue weighted by Gasteiger charge is 2.49. The molecule has 25 heavy (non-hydrogen) atoms. The molecule has 134 valence electrons. The minimum Gasteiger partial charge on any atom is -0.493 e. The maximum Gasteiger partial charge on any atom is 0.245 e. The predicted octanol–water partition coefficient (Wildman–Crippen LogP) is 1.04. The average Bonchev–Trinajstić information content (AvgIpc) is 3.38. The molecule has 1 saturated carbocycles. The van der Waals surface area contributed by atoms with Crippen LogP contribution in [-0.4, -0.2) is 65.1 Å². The fourth-order valence-electron chi connectivity index (χ4n) is 3.84. The molecule has 2 aliphatic heterocycles. The van der Waals surface area contributed by atoms with Crippen LogP contribution < -0.4 is 4.74 Å². The van der Waals surface area contributed by atoms with E-state index in [0.717, 1.165) is 18.6 Å². The van der Waals surface area contributed by atoms with Gasteiger partial charge < -0.3 is 19.6 Å². The van der Waals surface area contributed by atoms with Crippen LogP contribution in [0.5, 0.6) is 5.75 Å². The van der Waals surface area contributed by atoms with Crippen molar-refractivity contribution in [1.29, 1.82) is 0 Å². The Labute approximate surface area is 147 Å². The molecule has 3 fully saturated rings. The zero-order valence-electron chi connectivity index (χ0n) is 14.3. The lowest BCUT2D eigenvalue weighted by Gasteiger charge is -2.44. The lowest BCUT2D eigenvalue weighted by atomic mass is 9.95. The Hall–Kier alpha value is -2.08. The van der Waals surface area contributed by atoms with Gasteiger partial charge in [0.25, 0.3) is 0 Å². The van der Waals surface area contributed by atoms with Gasteiger partial charge in [-0.05, 0) is 31.4 Å². The number of fused-ring (bicyclic) bond motifs is 1. The number of benzene rings is 1. The second-order valence-electron chi connectivity index (χ2n) is 7.58. The van der Waals surface area contributed by atoms with E-state index in [1.807, 2.05) is 30.3 Å². The van der Waals surface area contributed by atoms with E-state index in [1.165, 1.54) is 0 Å². The summed E-state index contributed by atoms with van der Waals surface area (Å²) in [5, 5.41) is 9.86. The van der Waals surface area contributed by atoms with Gasteiger partial charge in [-0.2, -0.15) is 0 Å². The van der Waals surface area contributed by atoms with E-state index in [2.05, 4.69) is 0 Å². The van der Waals surface area contributed by atoms with Crippen molar-refractivity contribution >= 4 is 11.8 Å². The van der Waals surface area contributed by atoms with Gasteiger partial charge in [0.2, 0.25) is 11.8 Å². The number of hydrogen-bond acceptors (Lipinski definition) is 4. The molecule has 0 radical (unpaired) electrons. The van der Waals surface area contributed by atoms with Gasteiger partial charge in [-0.15, -0.1) is 0 Å². The van der Waals surface area contributed by atoms with Gasteiger partial charge in [0.05, 0.1) is 19.3 Å². The summed E-state index contributed by atoms with van der Waals surface area (Å²) in [6, 6.07) is 9.17. The Balaban J connectivity index is 1.40. The first-order chi connectivity index (χ1) is 12.1. The second kappa shape index (κ2) is 6.33. The third-order valence-corrected chi connectivity index (χ3v) is 5.59. The first kappa shape index (κ1) is 16.4. The highest BCUT2D eigenvalue weighted by Crippen LogP contribution is 2.47. The largest absolute Gasteiger partial charge is 0.493 e. The van der Waals surface area contributed by atoms with E-state index >= 15 is 0 Å². The summed E-state index contributed by atoms with van der Waals surface area (Å²) >= 11 is 0. The third kappa shape index (κ3) is 3.35. The molecule has 1 N–H and O–H groups in total. The average molecular weight is 344 g/mol. The number of piperazine rings is 1. The molecule has 2 atom stereocenters. The lowest BCUT2D eigenvalue weighted by molar-refractivity contribution is -0.161. The molecule has 2 saturated heterocycles. The highest BCUT2D eigenvalue weighted by molar-refractivity contribution is 5.95. The number of aliphatic hydroxyl groups excluding tert-OH is 1. The fourth-order valence-corrected chi connectivity index (χ4v) is 3.84. The molecule has 2 heterocycles. The van der Waals surface area contributed by atoms with Crippen LogP contribution in [0.4, 0.5) is 0 Å². The van der Waals surface area contributed by atoms with E-state index in [9.17, 15) is 14.7 Å².